The third kappa shape index (κ3) is 3.53. The standard InChI is InChI=1S/C20H28O2/c1-22-20(21)14-19-17(12-15-8-6-7-9-15)13-16-10-4-2-3-5-11-18(16)19/h13-15H,2-12H2,1H3/b19-14-. The Kier molecular flexibility index (Phi) is 5.17. The van der Waals surface area contributed by atoms with Crippen LogP contribution in [-0.2, 0) is 9.53 Å². The molecule has 0 N–H and O–H groups in total. The third-order valence-corrected chi connectivity index (χ3v) is 5.48. The molecule has 0 bridgehead atoms. The molecule has 0 amide bonds. The highest BCUT2D eigenvalue weighted by Gasteiger charge is 2.26. The Morgan fingerprint density at radius 2 is 1.86 bits per heavy atom. The second kappa shape index (κ2) is 7.30. The predicted molar refractivity (Wildman–Crippen MR) is 89.5 cm³/mol. The minimum atomic E-state index is -0.205. The maximum absolute atomic E-state index is 11.8. The van der Waals surface area contributed by atoms with Crippen LogP contribution in [-0.4, -0.2) is 13.1 Å². The molecule has 3 aliphatic rings. The molecule has 0 aromatic carbocycles. The predicted octanol–water partition coefficient (Wildman–Crippen LogP) is 5.26. The molecule has 1 fully saturated rings. The Hall–Kier alpha value is -1.31. The van der Waals surface area contributed by atoms with Crippen LogP contribution in [0.1, 0.15) is 70.6 Å². The second-order valence-corrected chi connectivity index (χ2v) is 7.02. The van der Waals surface area contributed by atoms with Crippen LogP contribution in [0.2, 0.25) is 0 Å². The number of ether oxygens (including phenoxy) is 1. The van der Waals surface area contributed by atoms with Gasteiger partial charge in [0.15, 0.2) is 0 Å². The first-order chi connectivity index (χ1) is 10.8. The van der Waals surface area contributed by atoms with Crippen molar-refractivity contribution in [1.29, 1.82) is 0 Å². The fourth-order valence-electron chi connectivity index (χ4n) is 4.28. The first-order valence-corrected chi connectivity index (χ1v) is 9.01. The van der Waals surface area contributed by atoms with Gasteiger partial charge in [-0.1, -0.05) is 44.6 Å². The van der Waals surface area contributed by atoms with E-state index in [2.05, 4.69) is 6.08 Å². The fourth-order valence-corrected chi connectivity index (χ4v) is 4.28. The molecule has 1 saturated carbocycles. The van der Waals surface area contributed by atoms with Gasteiger partial charge in [0.1, 0.15) is 0 Å². The van der Waals surface area contributed by atoms with Crippen molar-refractivity contribution >= 4 is 5.97 Å². The van der Waals surface area contributed by atoms with Crippen LogP contribution in [0.5, 0.6) is 0 Å². The average molecular weight is 300 g/mol. The number of methoxy groups -OCH3 is 1. The Balaban J connectivity index is 1.85. The number of allylic oxidation sites excluding steroid dienone is 5. The van der Waals surface area contributed by atoms with Gasteiger partial charge in [0.05, 0.1) is 7.11 Å². The first-order valence-electron chi connectivity index (χ1n) is 9.01. The zero-order chi connectivity index (χ0) is 15.4. The second-order valence-electron chi connectivity index (χ2n) is 7.02. The Labute approximate surface area is 134 Å². The van der Waals surface area contributed by atoms with Crippen molar-refractivity contribution in [3.05, 3.63) is 34.4 Å². The molecule has 3 rings (SSSR count). The summed E-state index contributed by atoms with van der Waals surface area (Å²) >= 11 is 0. The molecular formula is C20H28O2. The molecule has 2 heteroatoms. The van der Waals surface area contributed by atoms with E-state index < -0.39 is 0 Å². The third-order valence-electron chi connectivity index (χ3n) is 5.48. The molecule has 0 spiro atoms. The lowest BCUT2D eigenvalue weighted by molar-refractivity contribution is -0.134. The maximum atomic E-state index is 11.8. The summed E-state index contributed by atoms with van der Waals surface area (Å²) in [6.45, 7) is 0. The highest BCUT2D eigenvalue weighted by atomic mass is 16.5. The highest BCUT2D eigenvalue weighted by Crippen LogP contribution is 2.42. The van der Waals surface area contributed by atoms with Gasteiger partial charge in [-0.3, -0.25) is 0 Å². The molecule has 0 heterocycles. The normalized spacial score (nSPS) is 25.0. The Bertz CT molecular complexity index is 516. The number of carbonyl (C=O) groups excluding carboxylic acids is 1. The smallest absolute Gasteiger partial charge is 0.331 e. The van der Waals surface area contributed by atoms with E-state index in [0.717, 1.165) is 18.8 Å². The average Bonchev–Trinajstić information content (AvgIpc) is 3.09. The summed E-state index contributed by atoms with van der Waals surface area (Å²) in [5, 5.41) is 0. The quantitative estimate of drug-likeness (QED) is 0.525. The molecule has 0 aromatic rings. The molecule has 0 atom stereocenters. The summed E-state index contributed by atoms with van der Waals surface area (Å²) in [5.74, 6) is 0.612. The number of rotatable bonds is 3. The van der Waals surface area contributed by atoms with Crippen molar-refractivity contribution in [3.8, 4) is 0 Å². The van der Waals surface area contributed by atoms with Gasteiger partial charge in [-0.2, -0.15) is 0 Å². The summed E-state index contributed by atoms with van der Waals surface area (Å²) in [5.41, 5.74) is 5.56. The lowest BCUT2D eigenvalue weighted by Crippen LogP contribution is -2.03. The van der Waals surface area contributed by atoms with Crippen molar-refractivity contribution in [2.75, 3.05) is 7.11 Å². The van der Waals surface area contributed by atoms with Crippen LogP contribution in [0.3, 0.4) is 0 Å². The molecule has 120 valence electrons. The lowest BCUT2D eigenvalue weighted by Gasteiger charge is -2.16. The molecule has 22 heavy (non-hydrogen) atoms. The van der Waals surface area contributed by atoms with Gasteiger partial charge in [0, 0.05) is 6.08 Å². The van der Waals surface area contributed by atoms with Gasteiger partial charge in [0.25, 0.3) is 0 Å². The first kappa shape index (κ1) is 15.6. The van der Waals surface area contributed by atoms with E-state index in [-0.39, 0.29) is 5.97 Å². The van der Waals surface area contributed by atoms with E-state index in [9.17, 15) is 4.79 Å². The zero-order valence-electron chi connectivity index (χ0n) is 13.8. The van der Waals surface area contributed by atoms with E-state index in [1.54, 1.807) is 6.08 Å². The molecule has 0 unspecified atom stereocenters. The van der Waals surface area contributed by atoms with Crippen LogP contribution < -0.4 is 0 Å². The summed E-state index contributed by atoms with van der Waals surface area (Å²) < 4.78 is 4.90. The minimum absolute atomic E-state index is 0.205. The van der Waals surface area contributed by atoms with Gasteiger partial charge in [-0.15, -0.1) is 0 Å². The van der Waals surface area contributed by atoms with Crippen molar-refractivity contribution in [2.24, 2.45) is 5.92 Å². The van der Waals surface area contributed by atoms with Crippen LogP contribution in [0.25, 0.3) is 0 Å². The number of hydrogen-bond acceptors (Lipinski definition) is 2. The van der Waals surface area contributed by atoms with Gasteiger partial charge < -0.3 is 4.74 Å². The Morgan fingerprint density at radius 3 is 2.59 bits per heavy atom. The number of esters is 1. The van der Waals surface area contributed by atoms with Gasteiger partial charge in [-0.25, -0.2) is 4.79 Å². The summed E-state index contributed by atoms with van der Waals surface area (Å²) in [6, 6.07) is 0. The van der Waals surface area contributed by atoms with E-state index in [4.69, 9.17) is 4.74 Å². The molecular weight excluding hydrogens is 272 g/mol. The Morgan fingerprint density at radius 1 is 1.14 bits per heavy atom. The van der Waals surface area contributed by atoms with Crippen molar-refractivity contribution < 1.29 is 9.53 Å². The van der Waals surface area contributed by atoms with E-state index in [0.29, 0.717) is 0 Å². The van der Waals surface area contributed by atoms with Gasteiger partial charge >= 0.3 is 5.97 Å². The highest BCUT2D eigenvalue weighted by molar-refractivity contribution is 5.86. The summed E-state index contributed by atoms with van der Waals surface area (Å²) in [7, 11) is 1.47. The largest absolute Gasteiger partial charge is 0.466 e. The molecule has 0 aromatic heterocycles. The van der Waals surface area contributed by atoms with Gasteiger partial charge in [-0.05, 0) is 60.3 Å². The minimum Gasteiger partial charge on any atom is -0.466 e. The molecule has 0 radical (unpaired) electrons. The van der Waals surface area contributed by atoms with Crippen molar-refractivity contribution in [1.82, 2.24) is 0 Å². The monoisotopic (exact) mass is 300 g/mol. The fraction of sp³-hybridized carbons (Fsp3) is 0.650. The van der Waals surface area contributed by atoms with Crippen molar-refractivity contribution in [2.45, 2.75) is 70.6 Å². The molecule has 0 saturated heterocycles. The number of hydrogen-bond donors (Lipinski definition) is 0. The zero-order valence-corrected chi connectivity index (χ0v) is 13.8. The van der Waals surface area contributed by atoms with Crippen molar-refractivity contribution in [3.63, 3.8) is 0 Å². The summed E-state index contributed by atoms with van der Waals surface area (Å²) in [6.07, 6.45) is 18.3. The van der Waals surface area contributed by atoms with E-state index in [1.165, 1.54) is 87.2 Å². The van der Waals surface area contributed by atoms with Crippen LogP contribution in [0, 0.1) is 5.92 Å². The topological polar surface area (TPSA) is 26.3 Å². The van der Waals surface area contributed by atoms with E-state index in [1.807, 2.05) is 0 Å². The molecule has 0 aliphatic heterocycles. The lowest BCUT2D eigenvalue weighted by atomic mass is 9.89. The number of carbonyl (C=O) groups is 1. The van der Waals surface area contributed by atoms with Crippen LogP contribution in [0.15, 0.2) is 34.4 Å². The van der Waals surface area contributed by atoms with Gasteiger partial charge in [0.2, 0.25) is 0 Å². The van der Waals surface area contributed by atoms with E-state index >= 15 is 0 Å². The summed E-state index contributed by atoms with van der Waals surface area (Å²) in [4.78, 5) is 11.8. The van der Waals surface area contributed by atoms with Crippen LogP contribution in [0.4, 0.5) is 0 Å². The molecule has 2 nitrogen and oxygen atoms in total. The van der Waals surface area contributed by atoms with Crippen LogP contribution >= 0.6 is 0 Å². The maximum Gasteiger partial charge on any atom is 0.331 e. The SMILES string of the molecule is COC(=O)/C=C1/C(CC2CCCC2)=CC2=C1CCCCCC2. The molecule has 3 aliphatic carbocycles.